The molecule has 0 aliphatic carbocycles. The zero-order valence-corrected chi connectivity index (χ0v) is 21.6. The van der Waals surface area contributed by atoms with Crippen LogP contribution < -0.4 is 19.9 Å². The van der Waals surface area contributed by atoms with Gasteiger partial charge in [0.2, 0.25) is 5.91 Å². The van der Waals surface area contributed by atoms with Crippen LogP contribution in [0.15, 0.2) is 67.1 Å². The fourth-order valence-electron chi connectivity index (χ4n) is 4.74. The van der Waals surface area contributed by atoms with Gasteiger partial charge in [-0.1, -0.05) is 12.1 Å². The molecule has 1 saturated heterocycles. The maximum atomic E-state index is 13.5. The first-order chi connectivity index (χ1) is 18.5. The van der Waals surface area contributed by atoms with Gasteiger partial charge < -0.3 is 29.7 Å². The first kappa shape index (κ1) is 25.1. The number of anilines is 3. The molecule has 2 amide bonds. The van der Waals surface area contributed by atoms with E-state index < -0.39 is 0 Å². The summed E-state index contributed by atoms with van der Waals surface area (Å²) in [6.45, 7) is 5.14. The Bertz CT molecular complexity index is 1430. The maximum absolute atomic E-state index is 13.5. The highest BCUT2D eigenvalue weighted by atomic mass is 16.5. The summed E-state index contributed by atoms with van der Waals surface area (Å²) in [7, 11) is 1.66. The normalized spacial score (nSPS) is 13.4. The number of H-pyrrole nitrogens is 1. The van der Waals surface area contributed by atoms with Crippen molar-refractivity contribution >= 4 is 40.0 Å². The lowest BCUT2D eigenvalue weighted by molar-refractivity contribution is -0.118. The monoisotopic (exact) mass is 513 g/mol. The standard InChI is InChI=1S/C28H31N7O3/c1-20(36)29-11-12-35(27-25-9-10-30-26(25)31-19-32-27)23-7-3-5-21(17-23)28(37)34-15-13-33(14-16-34)22-6-4-8-24(18-22)38-2/h3-10,17-19H,11-16H2,1-2H3,(H,29,36)(H,30,31,32). The number of hydrogen-bond acceptors (Lipinski definition) is 7. The van der Waals surface area contributed by atoms with Gasteiger partial charge in [0.05, 0.1) is 12.5 Å². The smallest absolute Gasteiger partial charge is 0.254 e. The van der Waals surface area contributed by atoms with Crippen molar-refractivity contribution in [3.63, 3.8) is 0 Å². The fourth-order valence-corrected chi connectivity index (χ4v) is 4.74. The van der Waals surface area contributed by atoms with Crippen LogP contribution in [0.2, 0.25) is 0 Å². The van der Waals surface area contributed by atoms with Crippen molar-refractivity contribution in [1.29, 1.82) is 0 Å². The number of carbonyl (C=O) groups is 2. The van der Waals surface area contributed by atoms with Crippen LogP contribution in [-0.2, 0) is 4.79 Å². The third kappa shape index (κ3) is 5.39. The summed E-state index contributed by atoms with van der Waals surface area (Å²) in [5.74, 6) is 1.42. The van der Waals surface area contributed by atoms with E-state index in [1.165, 1.54) is 13.3 Å². The van der Waals surface area contributed by atoms with Crippen LogP contribution in [0.5, 0.6) is 5.75 Å². The summed E-state index contributed by atoms with van der Waals surface area (Å²) < 4.78 is 5.35. The van der Waals surface area contributed by atoms with Gasteiger partial charge in [-0.05, 0) is 36.4 Å². The Balaban J connectivity index is 1.34. The second kappa shape index (κ2) is 11.2. The average Bonchev–Trinajstić information content (AvgIpc) is 3.44. The van der Waals surface area contributed by atoms with E-state index in [9.17, 15) is 9.59 Å². The van der Waals surface area contributed by atoms with Crippen LogP contribution in [0.25, 0.3) is 11.0 Å². The molecule has 10 heteroatoms. The molecular weight excluding hydrogens is 482 g/mol. The molecule has 1 aliphatic heterocycles. The van der Waals surface area contributed by atoms with Crippen LogP contribution in [0.1, 0.15) is 17.3 Å². The number of carbonyl (C=O) groups excluding carboxylic acids is 2. The molecule has 0 atom stereocenters. The quantitative estimate of drug-likeness (QED) is 0.373. The number of methoxy groups -OCH3 is 1. The van der Waals surface area contributed by atoms with E-state index in [1.807, 2.05) is 64.5 Å². The molecule has 1 aliphatic rings. The highest BCUT2D eigenvalue weighted by molar-refractivity contribution is 5.96. The Labute approximate surface area is 221 Å². The second-order valence-corrected chi connectivity index (χ2v) is 9.10. The first-order valence-corrected chi connectivity index (χ1v) is 12.6. The van der Waals surface area contributed by atoms with Crippen LogP contribution in [-0.4, -0.2) is 78.0 Å². The van der Waals surface area contributed by atoms with Crippen molar-refractivity contribution in [2.75, 3.05) is 56.2 Å². The van der Waals surface area contributed by atoms with E-state index in [0.717, 1.165) is 41.2 Å². The number of piperazine rings is 1. The van der Waals surface area contributed by atoms with Gasteiger partial charge in [-0.2, -0.15) is 0 Å². The summed E-state index contributed by atoms with van der Waals surface area (Å²) in [5.41, 5.74) is 3.24. The molecule has 2 aromatic carbocycles. The molecule has 4 aromatic rings. The summed E-state index contributed by atoms with van der Waals surface area (Å²) in [5, 5.41) is 3.71. The number of aromatic amines is 1. The van der Waals surface area contributed by atoms with Gasteiger partial charge in [0, 0.05) is 75.4 Å². The minimum atomic E-state index is -0.101. The Kier molecular flexibility index (Phi) is 7.39. The lowest BCUT2D eigenvalue weighted by atomic mass is 10.1. The highest BCUT2D eigenvalue weighted by Gasteiger charge is 2.24. The molecular formula is C28H31N7O3. The summed E-state index contributed by atoms with van der Waals surface area (Å²) in [6, 6.07) is 17.5. The van der Waals surface area contributed by atoms with Crippen molar-refractivity contribution in [3.8, 4) is 5.75 Å². The molecule has 196 valence electrons. The number of aromatic nitrogens is 3. The van der Waals surface area contributed by atoms with E-state index in [0.29, 0.717) is 37.6 Å². The predicted octanol–water partition coefficient (Wildman–Crippen LogP) is 3.20. The zero-order chi connectivity index (χ0) is 26.5. The van der Waals surface area contributed by atoms with Crippen LogP contribution in [0, 0.1) is 0 Å². The van der Waals surface area contributed by atoms with Gasteiger partial charge >= 0.3 is 0 Å². The predicted molar refractivity (Wildman–Crippen MR) is 147 cm³/mol. The SMILES string of the molecule is COc1cccc(N2CCN(C(=O)c3cccc(N(CCNC(C)=O)c4ncnc5[nH]ccc45)c3)CC2)c1. The van der Waals surface area contributed by atoms with Gasteiger partial charge in [0.1, 0.15) is 23.5 Å². The molecule has 1 fully saturated rings. The number of hydrogen-bond donors (Lipinski definition) is 2. The fraction of sp³-hybridized carbons (Fsp3) is 0.286. The van der Waals surface area contributed by atoms with Crippen LogP contribution >= 0.6 is 0 Å². The van der Waals surface area contributed by atoms with Gasteiger partial charge in [-0.25, -0.2) is 9.97 Å². The Morgan fingerprint density at radius 1 is 1.05 bits per heavy atom. The van der Waals surface area contributed by atoms with E-state index in [2.05, 4.69) is 31.2 Å². The first-order valence-electron chi connectivity index (χ1n) is 12.6. The maximum Gasteiger partial charge on any atom is 0.254 e. The second-order valence-electron chi connectivity index (χ2n) is 9.10. The topological polar surface area (TPSA) is 107 Å². The number of fused-ring (bicyclic) bond motifs is 1. The summed E-state index contributed by atoms with van der Waals surface area (Å²) in [4.78, 5) is 43.1. The third-order valence-electron chi connectivity index (χ3n) is 6.69. The lowest BCUT2D eigenvalue weighted by Crippen LogP contribution is -2.48. The van der Waals surface area contributed by atoms with Crippen LogP contribution in [0.3, 0.4) is 0 Å². The van der Waals surface area contributed by atoms with Gasteiger partial charge in [-0.3, -0.25) is 9.59 Å². The Morgan fingerprint density at radius 3 is 2.66 bits per heavy atom. The minimum Gasteiger partial charge on any atom is -0.497 e. The molecule has 10 nitrogen and oxygen atoms in total. The number of nitrogens with zero attached hydrogens (tertiary/aromatic N) is 5. The van der Waals surface area contributed by atoms with Crippen molar-refractivity contribution in [1.82, 2.24) is 25.2 Å². The molecule has 5 rings (SSSR count). The van der Waals surface area contributed by atoms with Gasteiger partial charge in [0.25, 0.3) is 5.91 Å². The average molecular weight is 514 g/mol. The molecule has 0 saturated carbocycles. The number of benzene rings is 2. The van der Waals surface area contributed by atoms with Crippen molar-refractivity contribution in [2.45, 2.75) is 6.92 Å². The molecule has 0 spiro atoms. The molecule has 3 heterocycles. The lowest BCUT2D eigenvalue weighted by Gasteiger charge is -2.36. The van der Waals surface area contributed by atoms with E-state index in [-0.39, 0.29) is 11.8 Å². The van der Waals surface area contributed by atoms with Crippen molar-refractivity contribution < 1.29 is 14.3 Å². The van der Waals surface area contributed by atoms with Crippen molar-refractivity contribution in [3.05, 3.63) is 72.7 Å². The van der Waals surface area contributed by atoms with E-state index >= 15 is 0 Å². The van der Waals surface area contributed by atoms with E-state index in [4.69, 9.17) is 4.74 Å². The zero-order valence-electron chi connectivity index (χ0n) is 21.6. The summed E-state index contributed by atoms with van der Waals surface area (Å²) in [6.07, 6.45) is 3.33. The largest absolute Gasteiger partial charge is 0.497 e. The third-order valence-corrected chi connectivity index (χ3v) is 6.69. The number of rotatable bonds is 8. The van der Waals surface area contributed by atoms with Gasteiger partial charge in [-0.15, -0.1) is 0 Å². The molecule has 0 unspecified atom stereocenters. The number of nitrogens with one attached hydrogen (secondary N) is 2. The molecule has 2 aromatic heterocycles. The van der Waals surface area contributed by atoms with Gasteiger partial charge in [0.15, 0.2) is 0 Å². The number of amides is 2. The van der Waals surface area contributed by atoms with E-state index in [1.54, 1.807) is 7.11 Å². The Morgan fingerprint density at radius 2 is 1.87 bits per heavy atom. The highest BCUT2D eigenvalue weighted by Crippen LogP contribution is 2.30. The molecule has 2 N–H and O–H groups in total. The molecule has 38 heavy (non-hydrogen) atoms. The minimum absolute atomic E-state index is 0.00608. The van der Waals surface area contributed by atoms with Crippen LogP contribution in [0.4, 0.5) is 17.2 Å². The number of ether oxygens (including phenoxy) is 1. The van der Waals surface area contributed by atoms with Crippen molar-refractivity contribution in [2.24, 2.45) is 0 Å². The Hall–Kier alpha value is -4.60. The molecule has 0 radical (unpaired) electrons. The summed E-state index contributed by atoms with van der Waals surface area (Å²) >= 11 is 0. The molecule has 0 bridgehead atoms.